The van der Waals surface area contributed by atoms with Crippen molar-refractivity contribution in [1.29, 1.82) is 0 Å². The zero-order chi connectivity index (χ0) is 34.3. The fraction of sp³-hybridized carbons (Fsp3) is 0.382. The second-order valence-corrected chi connectivity index (χ2v) is 13.3. The van der Waals surface area contributed by atoms with E-state index in [-0.39, 0.29) is 41.2 Å². The highest BCUT2D eigenvalue weighted by Crippen LogP contribution is 2.57. The number of amides is 2. The molecule has 0 bridgehead atoms. The number of rotatable bonds is 6. The van der Waals surface area contributed by atoms with Crippen LogP contribution in [0.4, 0.5) is 19.0 Å². The van der Waals surface area contributed by atoms with E-state index in [0.29, 0.717) is 41.9 Å². The standard InChI is InChI=1S/C34H33F3N8O3/c1-17-8-21(22-12-39-28-9-18(2)42-44(28)14-22)10-23-24(20(4)46)15-43(30(17)23)16-29(47)45-25(6-7-33(5)11-27(33)45)32(48)41-31-19(3)38-13-26(40-31)34(35,36)37/h8-10,12-15,25,27H,6-7,11,16H2,1-5H3,(H,40,41,48)/t25-,27+,33-/m0/s1. The van der Waals surface area contributed by atoms with Crippen molar-refractivity contribution < 1.29 is 27.6 Å². The molecule has 1 saturated heterocycles. The van der Waals surface area contributed by atoms with Crippen molar-refractivity contribution in [2.24, 2.45) is 5.41 Å². The fourth-order valence-corrected chi connectivity index (χ4v) is 7.02. The van der Waals surface area contributed by atoms with Crippen LogP contribution in [0.5, 0.6) is 0 Å². The number of alkyl halides is 3. The molecule has 0 radical (unpaired) electrons. The van der Waals surface area contributed by atoms with Crippen LogP contribution in [0.25, 0.3) is 27.7 Å². The summed E-state index contributed by atoms with van der Waals surface area (Å²) >= 11 is 0. The molecular formula is C34H33F3N8O3. The molecule has 2 fully saturated rings. The highest BCUT2D eigenvalue weighted by atomic mass is 19.4. The monoisotopic (exact) mass is 658 g/mol. The molecule has 0 spiro atoms. The maximum Gasteiger partial charge on any atom is 0.434 e. The van der Waals surface area contributed by atoms with Crippen LogP contribution in [-0.2, 0) is 22.3 Å². The lowest BCUT2D eigenvalue weighted by Crippen LogP contribution is -2.53. The molecule has 1 saturated carbocycles. The number of carbonyl (C=O) groups excluding carboxylic acids is 3. The van der Waals surface area contributed by atoms with Gasteiger partial charge in [-0.15, -0.1) is 0 Å². The first-order valence-electron chi connectivity index (χ1n) is 15.6. The number of hydrogen-bond donors (Lipinski definition) is 1. The Morgan fingerprint density at radius 1 is 1.04 bits per heavy atom. The van der Waals surface area contributed by atoms with Gasteiger partial charge in [-0.2, -0.15) is 18.3 Å². The molecule has 3 atom stereocenters. The molecule has 1 aliphatic heterocycles. The Morgan fingerprint density at radius 2 is 1.81 bits per heavy atom. The molecule has 14 heteroatoms. The average Bonchev–Trinajstić information content (AvgIpc) is 3.35. The Balaban J connectivity index is 1.21. The van der Waals surface area contributed by atoms with Crippen molar-refractivity contribution in [3.05, 3.63) is 71.2 Å². The summed E-state index contributed by atoms with van der Waals surface area (Å²) in [4.78, 5) is 54.1. The summed E-state index contributed by atoms with van der Waals surface area (Å²) in [7, 11) is 0. The number of nitrogens with one attached hydrogen (secondary N) is 1. The van der Waals surface area contributed by atoms with Crippen LogP contribution >= 0.6 is 0 Å². The maximum absolute atomic E-state index is 14.2. The number of nitrogens with zero attached hydrogens (tertiary/aromatic N) is 7. The Kier molecular flexibility index (Phi) is 7.18. The summed E-state index contributed by atoms with van der Waals surface area (Å²) in [5.74, 6) is -1.40. The second-order valence-electron chi connectivity index (χ2n) is 13.3. The molecule has 5 aromatic rings. The molecular weight excluding hydrogens is 625 g/mol. The molecule has 2 amide bonds. The van der Waals surface area contributed by atoms with Crippen molar-refractivity contribution in [3.8, 4) is 11.1 Å². The molecule has 48 heavy (non-hydrogen) atoms. The first kappa shape index (κ1) is 31.5. The van der Waals surface area contributed by atoms with E-state index in [4.69, 9.17) is 0 Å². The van der Waals surface area contributed by atoms with Gasteiger partial charge in [-0.1, -0.05) is 6.92 Å². The number of halogens is 3. The highest BCUT2D eigenvalue weighted by Gasteiger charge is 2.60. The summed E-state index contributed by atoms with van der Waals surface area (Å²) in [6.45, 7) is 8.66. The molecule has 1 N–H and O–H groups in total. The van der Waals surface area contributed by atoms with Gasteiger partial charge in [0.05, 0.1) is 23.1 Å². The van der Waals surface area contributed by atoms with Gasteiger partial charge in [-0.05, 0) is 75.6 Å². The van der Waals surface area contributed by atoms with Crippen LogP contribution < -0.4 is 5.32 Å². The highest BCUT2D eigenvalue weighted by molar-refractivity contribution is 6.09. The minimum Gasteiger partial charge on any atom is -0.337 e. The third kappa shape index (κ3) is 5.38. The molecule has 11 nitrogen and oxygen atoms in total. The molecule has 248 valence electrons. The summed E-state index contributed by atoms with van der Waals surface area (Å²) in [6.07, 6.45) is 2.94. The van der Waals surface area contributed by atoms with Crippen LogP contribution in [0.3, 0.4) is 0 Å². The van der Waals surface area contributed by atoms with Crippen molar-refractivity contribution >= 4 is 40.0 Å². The first-order valence-corrected chi connectivity index (χ1v) is 15.6. The van der Waals surface area contributed by atoms with Gasteiger partial charge < -0.3 is 14.8 Å². The van der Waals surface area contributed by atoms with E-state index in [1.165, 1.54) is 13.8 Å². The zero-order valence-corrected chi connectivity index (χ0v) is 27.0. The largest absolute Gasteiger partial charge is 0.434 e. The van der Waals surface area contributed by atoms with E-state index in [0.717, 1.165) is 28.0 Å². The third-order valence-corrected chi connectivity index (χ3v) is 9.66. The van der Waals surface area contributed by atoms with Crippen LogP contribution in [0, 0.1) is 26.2 Å². The van der Waals surface area contributed by atoms with Gasteiger partial charge in [0.25, 0.3) is 0 Å². The minimum atomic E-state index is -4.73. The molecule has 1 aliphatic carbocycles. The molecule has 5 heterocycles. The van der Waals surface area contributed by atoms with Gasteiger partial charge in [0.2, 0.25) is 11.8 Å². The van der Waals surface area contributed by atoms with Crippen molar-refractivity contribution in [3.63, 3.8) is 0 Å². The minimum absolute atomic E-state index is 0.127. The predicted molar refractivity (Wildman–Crippen MR) is 170 cm³/mol. The normalized spacial score (nSPS) is 20.6. The van der Waals surface area contributed by atoms with Gasteiger partial charge in [0, 0.05) is 47.2 Å². The third-order valence-electron chi connectivity index (χ3n) is 9.66. The molecule has 2 aliphatic rings. The summed E-state index contributed by atoms with van der Waals surface area (Å²) in [6, 6.07) is 4.65. The Hall–Kier alpha value is -5.14. The van der Waals surface area contributed by atoms with E-state index in [1.54, 1.807) is 26.4 Å². The summed E-state index contributed by atoms with van der Waals surface area (Å²) in [5.41, 5.74) is 3.97. The number of Topliss-reactive ketones (excluding diaryl/α,β-unsaturated/α-hetero) is 1. The van der Waals surface area contributed by atoms with E-state index in [9.17, 15) is 27.6 Å². The molecule has 1 aromatic carbocycles. The molecule has 0 unspecified atom stereocenters. The Bertz CT molecular complexity index is 2170. The molecule has 7 rings (SSSR count). The fourth-order valence-electron chi connectivity index (χ4n) is 7.02. The van der Waals surface area contributed by atoms with Crippen molar-refractivity contribution in [2.45, 2.75) is 78.7 Å². The SMILES string of the molecule is CC(=O)c1cn(CC(=O)N2[C@H](C(=O)Nc3nc(C(F)(F)F)cnc3C)CC[C@@]3(C)C[C@@H]23)c2c(C)cc(-c3cnc4cc(C)nn4c3)cc12. The van der Waals surface area contributed by atoms with E-state index >= 15 is 0 Å². The van der Waals surface area contributed by atoms with Gasteiger partial charge >= 0.3 is 6.18 Å². The first-order chi connectivity index (χ1) is 22.6. The number of hydrogen-bond acceptors (Lipinski definition) is 7. The topological polar surface area (TPSA) is 127 Å². The van der Waals surface area contributed by atoms with Gasteiger partial charge in [-0.25, -0.2) is 14.5 Å². The van der Waals surface area contributed by atoms with Gasteiger partial charge in [0.15, 0.2) is 22.9 Å². The van der Waals surface area contributed by atoms with Crippen LogP contribution in [0.1, 0.15) is 66.1 Å². The molecule has 4 aromatic heterocycles. The van der Waals surface area contributed by atoms with Crippen molar-refractivity contribution in [1.82, 2.24) is 34.0 Å². The number of ketones is 1. The Morgan fingerprint density at radius 3 is 2.54 bits per heavy atom. The summed E-state index contributed by atoms with van der Waals surface area (Å²) < 4.78 is 43.4. The van der Waals surface area contributed by atoms with Crippen LogP contribution in [-0.4, -0.2) is 63.7 Å². The van der Waals surface area contributed by atoms with E-state index in [2.05, 4.69) is 32.3 Å². The average molecular weight is 659 g/mol. The van der Waals surface area contributed by atoms with Crippen LogP contribution in [0.15, 0.2) is 43.0 Å². The van der Waals surface area contributed by atoms with E-state index in [1.807, 2.05) is 38.2 Å². The smallest absolute Gasteiger partial charge is 0.337 e. The van der Waals surface area contributed by atoms with Crippen molar-refractivity contribution in [2.75, 3.05) is 5.32 Å². The summed E-state index contributed by atoms with van der Waals surface area (Å²) in [5, 5.41) is 7.66. The van der Waals surface area contributed by atoms with Crippen LogP contribution in [0.2, 0.25) is 0 Å². The number of aryl methyl sites for hydroxylation is 3. The number of likely N-dealkylation sites (tertiary alicyclic amines) is 1. The predicted octanol–water partition coefficient (Wildman–Crippen LogP) is 5.70. The number of piperidine rings is 1. The maximum atomic E-state index is 14.2. The lowest BCUT2D eigenvalue weighted by molar-refractivity contribution is -0.142. The van der Waals surface area contributed by atoms with Gasteiger partial charge in [-0.3, -0.25) is 19.4 Å². The van der Waals surface area contributed by atoms with Gasteiger partial charge in [0.1, 0.15) is 12.6 Å². The number of anilines is 1. The number of aromatic nitrogens is 6. The Labute approximate surface area is 273 Å². The van der Waals surface area contributed by atoms with E-state index < -0.39 is 23.8 Å². The lowest BCUT2D eigenvalue weighted by Gasteiger charge is -2.37. The zero-order valence-electron chi connectivity index (χ0n) is 27.0. The second kappa shape index (κ2) is 11.0. The quantitative estimate of drug-likeness (QED) is 0.232. The number of fused-ring (bicyclic) bond motifs is 3. The lowest BCUT2D eigenvalue weighted by atomic mass is 9.92. The number of carbonyl (C=O) groups is 3. The number of benzene rings is 1.